The lowest BCUT2D eigenvalue weighted by Crippen LogP contribution is -2.10. The van der Waals surface area contributed by atoms with E-state index in [0.717, 1.165) is 11.3 Å². The van der Waals surface area contributed by atoms with Crippen molar-refractivity contribution in [3.05, 3.63) is 65.7 Å². The standard InChI is InChI=1S/C14H14N2O.ClH/c15-14(16)12-7-4-8-13(9-12)17-10-11-5-2-1-3-6-11;/h1-9H,10H2,(H3,15,16);1H. The molecule has 0 radical (unpaired) electrons. The first kappa shape index (κ1) is 14.1. The highest BCUT2D eigenvalue weighted by Gasteiger charge is 1.99. The zero-order valence-electron chi connectivity index (χ0n) is 9.80. The molecule has 0 heterocycles. The first-order valence-corrected chi connectivity index (χ1v) is 5.37. The Labute approximate surface area is 113 Å². The van der Waals surface area contributed by atoms with Crippen molar-refractivity contribution in [2.45, 2.75) is 6.61 Å². The van der Waals surface area contributed by atoms with E-state index in [1.54, 1.807) is 12.1 Å². The minimum atomic E-state index is 0. The fourth-order valence-electron chi connectivity index (χ4n) is 1.49. The van der Waals surface area contributed by atoms with Gasteiger partial charge in [-0.2, -0.15) is 0 Å². The van der Waals surface area contributed by atoms with Crippen LogP contribution in [0.2, 0.25) is 0 Å². The van der Waals surface area contributed by atoms with E-state index in [-0.39, 0.29) is 18.2 Å². The summed E-state index contributed by atoms with van der Waals surface area (Å²) in [5.41, 5.74) is 7.21. The topological polar surface area (TPSA) is 59.1 Å². The maximum Gasteiger partial charge on any atom is 0.122 e. The lowest BCUT2D eigenvalue weighted by molar-refractivity contribution is 0.306. The number of nitrogen functional groups attached to an aromatic ring is 1. The van der Waals surface area contributed by atoms with Crippen molar-refractivity contribution in [3.63, 3.8) is 0 Å². The van der Waals surface area contributed by atoms with Gasteiger partial charge < -0.3 is 10.5 Å². The molecule has 94 valence electrons. The molecule has 3 nitrogen and oxygen atoms in total. The Morgan fingerprint density at radius 1 is 1.06 bits per heavy atom. The third kappa shape index (κ3) is 3.79. The molecule has 0 fully saturated rings. The molecule has 0 spiro atoms. The van der Waals surface area contributed by atoms with Gasteiger partial charge in [0.15, 0.2) is 0 Å². The summed E-state index contributed by atoms with van der Waals surface area (Å²) in [6.45, 7) is 0.516. The van der Waals surface area contributed by atoms with Crippen LogP contribution in [0, 0.1) is 5.41 Å². The summed E-state index contributed by atoms with van der Waals surface area (Å²) in [7, 11) is 0. The van der Waals surface area contributed by atoms with Gasteiger partial charge in [-0.05, 0) is 17.7 Å². The lowest BCUT2D eigenvalue weighted by atomic mass is 10.2. The molecular weight excluding hydrogens is 248 g/mol. The molecule has 0 unspecified atom stereocenters. The van der Waals surface area contributed by atoms with Gasteiger partial charge >= 0.3 is 0 Å². The van der Waals surface area contributed by atoms with Crippen molar-refractivity contribution in [2.75, 3.05) is 0 Å². The number of hydrogen-bond donors (Lipinski definition) is 2. The number of amidine groups is 1. The normalized spacial score (nSPS) is 9.33. The minimum Gasteiger partial charge on any atom is -0.489 e. The lowest BCUT2D eigenvalue weighted by Gasteiger charge is -2.07. The fourth-order valence-corrected chi connectivity index (χ4v) is 1.49. The number of ether oxygens (including phenoxy) is 1. The average Bonchev–Trinajstić information content (AvgIpc) is 2.38. The molecule has 0 aromatic heterocycles. The Morgan fingerprint density at radius 3 is 2.44 bits per heavy atom. The summed E-state index contributed by atoms with van der Waals surface area (Å²) in [5, 5.41) is 7.35. The molecule has 0 aliphatic rings. The van der Waals surface area contributed by atoms with E-state index in [0.29, 0.717) is 12.2 Å². The predicted molar refractivity (Wildman–Crippen MR) is 75.5 cm³/mol. The van der Waals surface area contributed by atoms with E-state index < -0.39 is 0 Å². The highest BCUT2D eigenvalue weighted by molar-refractivity contribution is 5.95. The molecule has 0 aliphatic carbocycles. The van der Waals surface area contributed by atoms with Crippen molar-refractivity contribution < 1.29 is 4.74 Å². The van der Waals surface area contributed by atoms with Crippen LogP contribution in [0.25, 0.3) is 0 Å². The number of nitrogens with two attached hydrogens (primary N) is 1. The maximum atomic E-state index is 7.35. The zero-order valence-corrected chi connectivity index (χ0v) is 10.6. The highest BCUT2D eigenvalue weighted by Crippen LogP contribution is 2.14. The third-order valence-electron chi connectivity index (χ3n) is 2.39. The zero-order chi connectivity index (χ0) is 12.1. The van der Waals surface area contributed by atoms with Crippen LogP contribution in [0.1, 0.15) is 11.1 Å². The van der Waals surface area contributed by atoms with E-state index in [9.17, 15) is 0 Å². The van der Waals surface area contributed by atoms with Crippen molar-refractivity contribution >= 4 is 18.2 Å². The molecular formula is C14H15ClN2O. The van der Waals surface area contributed by atoms with Gasteiger partial charge in [-0.3, -0.25) is 5.41 Å². The fraction of sp³-hybridized carbons (Fsp3) is 0.0714. The molecule has 0 aliphatic heterocycles. The number of halogens is 1. The largest absolute Gasteiger partial charge is 0.489 e. The number of nitrogens with one attached hydrogen (secondary N) is 1. The summed E-state index contributed by atoms with van der Waals surface area (Å²) in [6, 6.07) is 17.2. The van der Waals surface area contributed by atoms with Gasteiger partial charge in [-0.1, -0.05) is 42.5 Å². The van der Waals surface area contributed by atoms with Crippen LogP contribution in [0.3, 0.4) is 0 Å². The second-order valence-electron chi connectivity index (χ2n) is 3.72. The summed E-state index contributed by atoms with van der Waals surface area (Å²) in [6.07, 6.45) is 0. The second-order valence-corrected chi connectivity index (χ2v) is 3.72. The molecule has 3 N–H and O–H groups in total. The Balaban J connectivity index is 0.00000162. The van der Waals surface area contributed by atoms with Crippen LogP contribution in [0.4, 0.5) is 0 Å². The van der Waals surface area contributed by atoms with Gasteiger partial charge in [0.2, 0.25) is 0 Å². The third-order valence-corrected chi connectivity index (χ3v) is 2.39. The van der Waals surface area contributed by atoms with E-state index >= 15 is 0 Å². The summed E-state index contributed by atoms with van der Waals surface area (Å²) in [4.78, 5) is 0. The van der Waals surface area contributed by atoms with Gasteiger partial charge in [0.1, 0.15) is 18.2 Å². The van der Waals surface area contributed by atoms with Gasteiger partial charge in [0.05, 0.1) is 0 Å². The summed E-state index contributed by atoms with van der Waals surface area (Å²) < 4.78 is 5.63. The quantitative estimate of drug-likeness (QED) is 0.657. The van der Waals surface area contributed by atoms with Crippen molar-refractivity contribution in [3.8, 4) is 5.75 Å². The second kappa shape index (κ2) is 6.67. The molecule has 2 aromatic carbocycles. The Hall–Kier alpha value is -2.00. The Morgan fingerprint density at radius 2 is 1.78 bits per heavy atom. The van der Waals surface area contributed by atoms with E-state index in [2.05, 4.69) is 0 Å². The molecule has 0 amide bonds. The van der Waals surface area contributed by atoms with E-state index in [1.807, 2.05) is 42.5 Å². The molecule has 0 saturated heterocycles. The van der Waals surface area contributed by atoms with Crippen LogP contribution < -0.4 is 10.5 Å². The van der Waals surface area contributed by atoms with Crippen LogP contribution in [-0.4, -0.2) is 5.84 Å². The first-order valence-electron chi connectivity index (χ1n) is 5.37. The number of rotatable bonds is 4. The smallest absolute Gasteiger partial charge is 0.122 e. The van der Waals surface area contributed by atoms with Gasteiger partial charge in [-0.25, -0.2) is 0 Å². The molecule has 18 heavy (non-hydrogen) atoms. The monoisotopic (exact) mass is 262 g/mol. The minimum absolute atomic E-state index is 0. The molecule has 2 aromatic rings. The SMILES string of the molecule is Cl.N=C(N)c1cccc(OCc2ccccc2)c1. The van der Waals surface area contributed by atoms with Gasteiger partial charge in [0.25, 0.3) is 0 Å². The van der Waals surface area contributed by atoms with Crippen molar-refractivity contribution in [1.82, 2.24) is 0 Å². The maximum absolute atomic E-state index is 7.35. The van der Waals surface area contributed by atoms with Crippen LogP contribution >= 0.6 is 12.4 Å². The van der Waals surface area contributed by atoms with Crippen LogP contribution in [0.5, 0.6) is 5.75 Å². The number of benzene rings is 2. The highest BCUT2D eigenvalue weighted by atomic mass is 35.5. The van der Waals surface area contributed by atoms with Gasteiger partial charge in [0, 0.05) is 5.56 Å². The molecule has 2 rings (SSSR count). The molecule has 0 bridgehead atoms. The Bertz CT molecular complexity index is 514. The van der Waals surface area contributed by atoms with Crippen molar-refractivity contribution in [2.24, 2.45) is 5.73 Å². The van der Waals surface area contributed by atoms with Crippen LogP contribution in [-0.2, 0) is 6.61 Å². The first-order chi connectivity index (χ1) is 8.25. The number of hydrogen-bond acceptors (Lipinski definition) is 2. The molecule has 4 heteroatoms. The average molecular weight is 263 g/mol. The summed E-state index contributed by atoms with van der Waals surface area (Å²) >= 11 is 0. The Kier molecular flexibility index (Phi) is 5.21. The van der Waals surface area contributed by atoms with Gasteiger partial charge in [-0.15, -0.1) is 12.4 Å². The van der Waals surface area contributed by atoms with E-state index in [4.69, 9.17) is 15.9 Å². The van der Waals surface area contributed by atoms with Crippen molar-refractivity contribution in [1.29, 1.82) is 5.41 Å². The van der Waals surface area contributed by atoms with Crippen LogP contribution in [0.15, 0.2) is 54.6 Å². The molecule has 0 atom stereocenters. The summed E-state index contributed by atoms with van der Waals surface area (Å²) in [5.74, 6) is 0.775. The van der Waals surface area contributed by atoms with E-state index in [1.165, 1.54) is 0 Å². The molecule has 0 saturated carbocycles. The predicted octanol–water partition coefficient (Wildman–Crippen LogP) is 2.97.